The predicted octanol–water partition coefficient (Wildman–Crippen LogP) is 3.29. The van der Waals surface area contributed by atoms with Gasteiger partial charge in [-0.2, -0.15) is 0 Å². The van der Waals surface area contributed by atoms with Gasteiger partial charge in [0.1, 0.15) is 0 Å². The number of fused-ring (bicyclic) bond motifs is 1. The van der Waals surface area contributed by atoms with Gasteiger partial charge in [-0.25, -0.2) is 0 Å². The Morgan fingerprint density at radius 1 is 1.45 bits per heavy atom. The van der Waals surface area contributed by atoms with E-state index in [0.717, 1.165) is 45.4 Å². The second kappa shape index (κ2) is 6.27. The summed E-state index contributed by atoms with van der Waals surface area (Å²) in [4.78, 5) is 14.3. The van der Waals surface area contributed by atoms with E-state index >= 15 is 0 Å². The van der Waals surface area contributed by atoms with E-state index < -0.39 is 0 Å². The van der Waals surface area contributed by atoms with Gasteiger partial charge in [-0.05, 0) is 42.9 Å². The zero-order chi connectivity index (χ0) is 13.9. The van der Waals surface area contributed by atoms with E-state index in [9.17, 15) is 4.79 Å². The lowest BCUT2D eigenvalue weighted by atomic mass is 9.99. The summed E-state index contributed by atoms with van der Waals surface area (Å²) in [6.45, 7) is 2.45. The van der Waals surface area contributed by atoms with Crippen LogP contribution in [0.2, 0.25) is 0 Å². The number of rotatable bonds is 3. The Bertz CT molecular complexity index is 497. The molecule has 1 aromatic rings. The smallest absolute Gasteiger partial charge is 0.222 e. The second-order valence-corrected chi connectivity index (χ2v) is 6.47. The number of carbonyl (C=O) groups is 1. The molecule has 1 amide bonds. The highest BCUT2D eigenvalue weighted by Crippen LogP contribution is 2.27. The van der Waals surface area contributed by atoms with Crippen LogP contribution >= 0.6 is 15.9 Å². The first-order valence-electron chi connectivity index (χ1n) is 7.39. The lowest BCUT2D eigenvalue weighted by Gasteiger charge is -2.29. The van der Waals surface area contributed by atoms with Gasteiger partial charge in [0.05, 0.1) is 6.10 Å². The molecule has 0 bridgehead atoms. The van der Waals surface area contributed by atoms with Crippen LogP contribution in [0.3, 0.4) is 0 Å². The van der Waals surface area contributed by atoms with Crippen molar-refractivity contribution >= 4 is 21.8 Å². The number of ether oxygens (including phenoxy) is 1. The highest BCUT2D eigenvalue weighted by molar-refractivity contribution is 9.10. The number of hydrogen-bond acceptors (Lipinski definition) is 2. The van der Waals surface area contributed by atoms with Crippen LogP contribution in [0.15, 0.2) is 22.7 Å². The number of benzene rings is 1. The fourth-order valence-electron chi connectivity index (χ4n) is 3.09. The van der Waals surface area contributed by atoms with Crippen molar-refractivity contribution in [3.8, 4) is 0 Å². The van der Waals surface area contributed by atoms with Gasteiger partial charge in [-0.1, -0.05) is 28.1 Å². The molecular weight excluding hydrogens is 318 g/mol. The third-order valence-electron chi connectivity index (χ3n) is 4.27. The number of hydrogen-bond donors (Lipinski definition) is 0. The van der Waals surface area contributed by atoms with Crippen molar-refractivity contribution in [1.82, 2.24) is 4.90 Å². The number of nitrogens with zero attached hydrogens (tertiary/aromatic N) is 1. The van der Waals surface area contributed by atoms with Gasteiger partial charge in [0.15, 0.2) is 0 Å². The summed E-state index contributed by atoms with van der Waals surface area (Å²) in [6, 6.07) is 6.25. The molecule has 0 aliphatic carbocycles. The van der Waals surface area contributed by atoms with E-state index in [-0.39, 0.29) is 5.91 Å². The van der Waals surface area contributed by atoms with Crippen molar-refractivity contribution < 1.29 is 9.53 Å². The van der Waals surface area contributed by atoms with E-state index in [2.05, 4.69) is 28.1 Å². The maximum absolute atomic E-state index is 12.3. The van der Waals surface area contributed by atoms with Crippen LogP contribution in [-0.2, 0) is 22.5 Å². The van der Waals surface area contributed by atoms with Gasteiger partial charge in [0.2, 0.25) is 5.91 Å². The van der Waals surface area contributed by atoms with E-state index in [1.807, 2.05) is 11.0 Å². The molecule has 3 rings (SSSR count). The molecule has 2 heterocycles. The molecule has 3 nitrogen and oxygen atoms in total. The minimum atomic E-state index is 0.270. The lowest BCUT2D eigenvalue weighted by molar-refractivity contribution is -0.132. The lowest BCUT2D eigenvalue weighted by Crippen LogP contribution is -2.36. The van der Waals surface area contributed by atoms with Crippen LogP contribution in [0.25, 0.3) is 0 Å². The van der Waals surface area contributed by atoms with Crippen molar-refractivity contribution in [3.63, 3.8) is 0 Å². The SMILES string of the molecule is O=C(CC[C@@H]1CCCO1)N1CCc2c(Br)cccc2C1. The highest BCUT2D eigenvalue weighted by atomic mass is 79.9. The van der Waals surface area contributed by atoms with Gasteiger partial charge in [-0.15, -0.1) is 0 Å². The summed E-state index contributed by atoms with van der Waals surface area (Å²) in [5.74, 6) is 0.270. The average molecular weight is 338 g/mol. The van der Waals surface area contributed by atoms with Gasteiger partial charge >= 0.3 is 0 Å². The highest BCUT2D eigenvalue weighted by Gasteiger charge is 2.23. The van der Waals surface area contributed by atoms with Crippen molar-refractivity contribution in [2.75, 3.05) is 13.2 Å². The molecule has 0 aromatic heterocycles. The van der Waals surface area contributed by atoms with Crippen LogP contribution in [-0.4, -0.2) is 30.1 Å². The van der Waals surface area contributed by atoms with Crippen LogP contribution in [0.1, 0.15) is 36.8 Å². The molecule has 20 heavy (non-hydrogen) atoms. The fraction of sp³-hybridized carbons (Fsp3) is 0.562. The van der Waals surface area contributed by atoms with E-state index in [4.69, 9.17) is 4.74 Å². The first-order valence-corrected chi connectivity index (χ1v) is 8.19. The summed E-state index contributed by atoms with van der Waals surface area (Å²) >= 11 is 3.59. The van der Waals surface area contributed by atoms with E-state index in [1.54, 1.807) is 0 Å². The number of carbonyl (C=O) groups excluding carboxylic acids is 1. The fourth-order valence-corrected chi connectivity index (χ4v) is 3.70. The minimum Gasteiger partial charge on any atom is -0.378 e. The van der Waals surface area contributed by atoms with Gasteiger partial charge < -0.3 is 9.64 Å². The van der Waals surface area contributed by atoms with Crippen LogP contribution in [0.4, 0.5) is 0 Å². The number of amides is 1. The zero-order valence-electron chi connectivity index (χ0n) is 11.6. The average Bonchev–Trinajstić information content (AvgIpc) is 2.98. The van der Waals surface area contributed by atoms with Crippen molar-refractivity contribution in [2.45, 2.75) is 44.8 Å². The van der Waals surface area contributed by atoms with Crippen LogP contribution in [0, 0.1) is 0 Å². The summed E-state index contributed by atoms with van der Waals surface area (Å²) in [7, 11) is 0. The maximum Gasteiger partial charge on any atom is 0.222 e. The predicted molar refractivity (Wildman–Crippen MR) is 81.5 cm³/mol. The largest absolute Gasteiger partial charge is 0.378 e. The van der Waals surface area contributed by atoms with Crippen LogP contribution < -0.4 is 0 Å². The quantitative estimate of drug-likeness (QED) is 0.846. The van der Waals surface area contributed by atoms with Gasteiger partial charge in [0.25, 0.3) is 0 Å². The minimum absolute atomic E-state index is 0.270. The molecule has 1 atom stereocenters. The Morgan fingerprint density at radius 2 is 2.35 bits per heavy atom. The topological polar surface area (TPSA) is 29.5 Å². The zero-order valence-corrected chi connectivity index (χ0v) is 13.2. The molecule has 0 unspecified atom stereocenters. The van der Waals surface area contributed by atoms with E-state index in [1.165, 1.54) is 15.6 Å². The second-order valence-electron chi connectivity index (χ2n) is 5.62. The van der Waals surface area contributed by atoms with Gasteiger partial charge in [-0.3, -0.25) is 4.79 Å². The molecule has 0 radical (unpaired) electrons. The first kappa shape index (κ1) is 14.1. The maximum atomic E-state index is 12.3. The monoisotopic (exact) mass is 337 g/mol. The normalized spacial score (nSPS) is 21.9. The Labute approximate surface area is 128 Å². The molecule has 1 aromatic carbocycles. The Kier molecular flexibility index (Phi) is 4.41. The third kappa shape index (κ3) is 3.07. The molecule has 0 spiro atoms. The summed E-state index contributed by atoms with van der Waals surface area (Å²) < 4.78 is 6.75. The molecule has 2 aliphatic rings. The molecule has 108 valence electrons. The third-order valence-corrected chi connectivity index (χ3v) is 5.01. The van der Waals surface area contributed by atoms with Crippen LogP contribution in [0.5, 0.6) is 0 Å². The molecule has 4 heteroatoms. The summed E-state index contributed by atoms with van der Waals surface area (Å²) in [5, 5.41) is 0. The van der Waals surface area contributed by atoms with E-state index in [0.29, 0.717) is 12.5 Å². The van der Waals surface area contributed by atoms with Crippen molar-refractivity contribution in [3.05, 3.63) is 33.8 Å². The standard InChI is InChI=1S/C16H20BrNO2/c17-15-5-1-3-12-11-18(9-8-14(12)15)16(19)7-6-13-4-2-10-20-13/h1,3,5,13H,2,4,6-11H2/t13-/m0/s1. The molecule has 0 N–H and O–H groups in total. The van der Waals surface area contributed by atoms with Crippen molar-refractivity contribution in [2.24, 2.45) is 0 Å². The molecule has 0 saturated carbocycles. The Balaban J connectivity index is 1.57. The molecule has 1 fully saturated rings. The Morgan fingerprint density at radius 3 is 3.15 bits per heavy atom. The Hall–Kier alpha value is -0.870. The van der Waals surface area contributed by atoms with Gasteiger partial charge in [0, 0.05) is 30.6 Å². The van der Waals surface area contributed by atoms with Crippen molar-refractivity contribution in [1.29, 1.82) is 0 Å². The molecule has 2 aliphatic heterocycles. The molecule has 1 saturated heterocycles. The summed E-state index contributed by atoms with van der Waals surface area (Å²) in [6.07, 6.45) is 5.01. The first-order chi connectivity index (χ1) is 9.74. The number of halogens is 1. The molecular formula is C16H20BrNO2. The summed E-state index contributed by atoms with van der Waals surface area (Å²) in [5.41, 5.74) is 2.63.